The maximum absolute atomic E-state index is 5.96. The SMILES string of the molecule is Nc1c(Cl)cccc1NC1CCCSC1. The van der Waals surface area contributed by atoms with Gasteiger partial charge in [-0.05, 0) is 30.7 Å². The van der Waals surface area contributed by atoms with Gasteiger partial charge in [0, 0.05) is 11.8 Å². The minimum absolute atomic E-state index is 0.532. The molecule has 0 radical (unpaired) electrons. The van der Waals surface area contributed by atoms with Crippen molar-refractivity contribution >= 4 is 34.7 Å². The Morgan fingerprint density at radius 2 is 2.33 bits per heavy atom. The maximum Gasteiger partial charge on any atom is 0.0739 e. The molecule has 1 aliphatic heterocycles. The zero-order valence-electron chi connectivity index (χ0n) is 8.50. The monoisotopic (exact) mass is 242 g/mol. The number of hydrogen-bond donors (Lipinski definition) is 2. The van der Waals surface area contributed by atoms with Crippen LogP contribution in [-0.4, -0.2) is 17.5 Å². The Kier molecular flexibility index (Phi) is 3.65. The van der Waals surface area contributed by atoms with E-state index < -0.39 is 0 Å². The van der Waals surface area contributed by atoms with Gasteiger partial charge in [-0.15, -0.1) is 0 Å². The molecule has 0 aromatic heterocycles. The Labute approximate surface area is 99.6 Å². The van der Waals surface area contributed by atoms with Crippen molar-refractivity contribution in [2.75, 3.05) is 22.6 Å². The van der Waals surface area contributed by atoms with Crippen LogP contribution in [0.5, 0.6) is 0 Å². The molecule has 1 atom stereocenters. The summed E-state index contributed by atoms with van der Waals surface area (Å²) in [5, 5.41) is 4.09. The van der Waals surface area contributed by atoms with Crippen molar-refractivity contribution in [2.45, 2.75) is 18.9 Å². The Balaban J connectivity index is 2.06. The molecule has 15 heavy (non-hydrogen) atoms. The molecule has 1 fully saturated rings. The van der Waals surface area contributed by atoms with E-state index in [4.69, 9.17) is 17.3 Å². The van der Waals surface area contributed by atoms with Gasteiger partial charge in [-0.25, -0.2) is 0 Å². The van der Waals surface area contributed by atoms with Crippen LogP contribution >= 0.6 is 23.4 Å². The quantitative estimate of drug-likeness (QED) is 0.782. The summed E-state index contributed by atoms with van der Waals surface area (Å²) >= 11 is 7.96. The van der Waals surface area contributed by atoms with Crippen molar-refractivity contribution in [3.05, 3.63) is 23.2 Å². The van der Waals surface area contributed by atoms with Gasteiger partial charge in [0.1, 0.15) is 0 Å². The van der Waals surface area contributed by atoms with Crippen molar-refractivity contribution in [1.29, 1.82) is 0 Å². The summed E-state index contributed by atoms with van der Waals surface area (Å²) < 4.78 is 0. The third-order valence-corrected chi connectivity index (χ3v) is 4.12. The molecular formula is C11H15ClN2S. The number of rotatable bonds is 2. The highest BCUT2D eigenvalue weighted by atomic mass is 35.5. The van der Waals surface area contributed by atoms with Crippen LogP contribution in [-0.2, 0) is 0 Å². The minimum atomic E-state index is 0.532. The molecule has 1 aliphatic rings. The highest BCUT2D eigenvalue weighted by Gasteiger charge is 2.14. The summed E-state index contributed by atoms with van der Waals surface area (Å²) in [7, 11) is 0. The first-order chi connectivity index (χ1) is 7.27. The van der Waals surface area contributed by atoms with Crippen molar-refractivity contribution in [3.8, 4) is 0 Å². The molecule has 1 heterocycles. The smallest absolute Gasteiger partial charge is 0.0739 e. The van der Waals surface area contributed by atoms with Crippen molar-refractivity contribution in [3.63, 3.8) is 0 Å². The van der Waals surface area contributed by atoms with Gasteiger partial charge in [0.25, 0.3) is 0 Å². The second-order valence-corrected chi connectivity index (χ2v) is 5.32. The predicted octanol–water partition coefficient (Wildman–Crippen LogP) is 3.23. The summed E-state index contributed by atoms with van der Waals surface area (Å²) in [5.74, 6) is 2.44. The number of hydrogen-bond acceptors (Lipinski definition) is 3. The van der Waals surface area contributed by atoms with E-state index in [2.05, 4.69) is 5.32 Å². The van der Waals surface area contributed by atoms with Gasteiger partial charge in [-0.1, -0.05) is 17.7 Å². The molecule has 82 valence electrons. The third kappa shape index (κ3) is 2.73. The second kappa shape index (κ2) is 4.99. The number of nitrogens with two attached hydrogens (primary N) is 1. The van der Waals surface area contributed by atoms with Crippen LogP contribution in [0.1, 0.15) is 12.8 Å². The third-order valence-electron chi connectivity index (χ3n) is 2.57. The van der Waals surface area contributed by atoms with E-state index in [1.54, 1.807) is 0 Å². The van der Waals surface area contributed by atoms with Crippen LogP contribution in [0.3, 0.4) is 0 Å². The van der Waals surface area contributed by atoms with E-state index >= 15 is 0 Å². The van der Waals surface area contributed by atoms with Crippen LogP contribution < -0.4 is 11.1 Å². The first kappa shape index (κ1) is 11.0. The lowest BCUT2D eigenvalue weighted by Gasteiger charge is -2.24. The minimum Gasteiger partial charge on any atom is -0.396 e. The van der Waals surface area contributed by atoms with Gasteiger partial charge in [-0.3, -0.25) is 0 Å². The van der Waals surface area contributed by atoms with Gasteiger partial charge < -0.3 is 11.1 Å². The summed E-state index contributed by atoms with van der Waals surface area (Å²) in [6.45, 7) is 0. The predicted molar refractivity (Wildman–Crippen MR) is 69.8 cm³/mol. The Bertz CT molecular complexity index is 337. The highest BCUT2D eigenvalue weighted by molar-refractivity contribution is 7.99. The lowest BCUT2D eigenvalue weighted by Crippen LogP contribution is -2.26. The number of nitrogen functional groups attached to an aromatic ring is 1. The average molecular weight is 243 g/mol. The zero-order chi connectivity index (χ0) is 10.7. The molecule has 1 aromatic rings. The zero-order valence-corrected chi connectivity index (χ0v) is 10.1. The molecule has 2 rings (SSSR count). The van der Waals surface area contributed by atoms with E-state index in [0.29, 0.717) is 16.8 Å². The summed E-state index contributed by atoms with van der Waals surface area (Å²) in [4.78, 5) is 0. The molecule has 1 unspecified atom stereocenters. The molecule has 2 nitrogen and oxygen atoms in total. The largest absolute Gasteiger partial charge is 0.396 e. The van der Waals surface area contributed by atoms with E-state index in [1.807, 2.05) is 30.0 Å². The van der Waals surface area contributed by atoms with E-state index in [9.17, 15) is 0 Å². The van der Waals surface area contributed by atoms with Crippen LogP contribution in [0, 0.1) is 0 Å². The lowest BCUT2D eigenvalue weighted by molar-refractivity contribution is 0.685. The summed E-state index contributed by atoms with van der Waals surface area (Å²) in [6, 6.07) is 6.26. The topological polar surface area (TPSA) is 38.0 Å². The molecule has 3 N–H and O–H groups in total. The number of thioether (sulfide) groups is 1. The average Bonchev–Trinajstić information content (AvgIpc) is 2.26. The molecule has 0 aliphatic carbocycles. The van der Waals surface area contributed by atoms with Gasteiger partial charge in [0.05, 0.1) is 16.4 Å². The molecule has 0 saturated carbocycles. The number of halogens is 1. The van der Waals surface area contributed by atoms with E-state index in [1.165, 1.54) is 18.6 Å². The number of anilines is 2. The highest BCUT2D eigenvalue weighted by Crippen LogP contribution is 2.29. The fourth-order valence-corrected chi connectivity index (χ4v) is 2.98. The standard InChI is InChI=1S/C11H15ClN2S/c12-9-4-1-5-10(11(9)13)14-8-3-2-6-15-7-8/h1,4-5,8,14H,2-3,6-7,13H2. The lowest BCUT2D eigenvalue weighted by atomic mass is 10.1. The molecule has 0 spiro atoms. The van der Waals surface area contributed by atoms with Crippen LogP contribution in [0.2, 0.25) is 5.02 Å². The molecule has 4 heteroatoms. The molecule has 1 saturated heterocycles. The first-order valence-corrected chi connectivity index (χ1v) is 6.69. The molecule has 1 aromatic carbocycles. The van der Waals surface area contributed by atoms with Gasteiger partial charge >= 0.3 is 0 Å². The molecule has 0 bridgehead atoms. The van der Waals surface area contributed by atoms with Crippen LogP contribution in [0.15, 0.2) is 18.2 Å². The van der Waals surface area contributed by atoms with Gasteiger partial charge in [0.15, 0.2) is 0 Å². The fraction of sp³-hybridized carbons (Fsp3) is 0.455. The Hall–Kier alpha value is -0.540. The van der Waals surface area contributed by atoms with Gasteiger partial charge in [-0.2, -0.15) is 11.8 Å². The van der Waals surface area contributed by atoms with E-state index in [0.717, 1.165) is 11.4 Å². The maximum atomic E-state index is 5.96. The van der Waals surface area contributed by atoms with Crippen LogP contribution in [0.4, 0.5) is 11.4 Å². The number of nitrogens with one attached hydrogen (secondary N) is 1. The summed E-state index contributed by atoms with van der Waals surface area (Å²) in [6.07, 6.45) is 2.50. The number of para-hydroxylation sites is 1. The van der Waals surface area contributed by atoms with Crippen molar-refractivity contribution < 1.29 is 0 Å². The van der Waals surface area contributed by atoms with Crippen molar-refractivity contribution in [2.24, 2.45) is 0 Å². The number of benzene rings is 1. The molecule has 0 amide bonds. The Morgan fingerprint density at radius 3 is 3.07 bits per heavy atom. The second-order valence-electron chi connectivity index (χ2n) is 3.76. The van der Waals surface area contributed by atoms with Gasteiger partial charge in [0.2, 0.25) is 0 Å². The molecular weight excluding hydrogens is 228 g/mol. The Morgan fingerprint density at radius 1 is 1.47 bits per heavy atom. The van der Waals surface area contributed by atoms with Crippen molar-refractivity contribution in [1.82, 2.24) is 0 Å². The fourth-order valence-electron chi connectivity index (χ4n) is 1.74. The van der Waals surface area contributed by atoms with E-state index in [-0.39, 0.29) is 0 Å². The summed E-state index contributed by atoms with van der Waals surface area (Å²) in [5.41, 5.74) is 7.53. The normalized spacial score (nSPS) is 21.3. The van der Waals surface area contributed by atoms with Crippen LogP contribution in [0.25, 0.3) is 0 Å². The first-order valence-electron chi connectivity index (χ1n) is 5.15.